The lowest BCUT2D eigenvalue weighted by molar-refractivity contribution is -0.426. The summed E-state index contributed by atoms with van der Waals surface area (Å²) in [5.41, 5.74) is 20.0. The molecule has 0 bridgehead atoms. The quantitative estimate of drug-likeness (QED) is 0.0300. The van der Waals surface area contributed by atoms with Gasteiger partial charge in [0, 0.05) is 174 Å². The number of amides is 6. The Morgan fingerprint density at radius 3 is 1.43 bits per heavy atom. The lowest BCUT2D eigenvalue weighted by Gasteiger charge is -2.34. The van der Waals surface area contributed by atoms with Crippen molar-refractivity contribution in [3.63, 3.8) is 0 Å². The van der Waals surface area contributed by atoms with E-state index >= 15 is 0 Å². The van der Waals surface area contributed by atoms with E-state index in [4.69, 9.17) is 32.7 Å². The molecule has 0 spiro atoms. The fraction of sp³-hybridized carbons (Fsp3) is 0.458. The summed E-state index contributed by atoms with van der Waals surface area (Å²) >= 11 is 13.1. The molecule has 15 rings (SSSR count). The molecule has 1 unspecified atom stereocenters. The van der Waals surface area contributed by atoms with Crippen LogP contribution in [0, 0.1) is 16.2 Å². The molecule has 8 aliphatic heterocycles. The molecule has 2 N–H and O–H groups in total. The Labute approximate surface area is 856 Å². The number of anilines is 2. The van der Waals surface area contributed by atoms with E-state index in [0.29, 0.717) is 57.6 Å². The zero-order valence-corrected chi connectivity index (χ0v) is 90.8. The highest BCUT2D eigenvalue weighted by Gasteiger charge is 2.51. The van der Waals surface area contributed by atoms with Crippen LogP contribution in [0.1, 0.15) is 205 Å². The maximum absolute atomic E-state index is 13.5. The van der Waals surface area contributed by atoms with Crippen LogP contribution >= 0.6 is 23.2 Å². The van der Waals surface area contributed by atoms with Crippen molar-refractivity contribution in [1.82, 2.24) is 35.1 Å². The van der Waals surface area contributed by atoms with Crippen LogP contribution in [0.3, 0.4) is 0 Å². The zero-order chi connectivity index (χ0) is 103. The number of likely N-dealkylation sites (N-methyl/N-ethyl adjacent to an activating group) is 2. The summed E-state index contributed by atoms with van der Waals surface area (Å²) in [6, 6.07) is 49.9. The van der Waals surface area contributed by atoms with E-state index in [2.05, 4.69) is 361 Å². The number of carbonyl (C=O) groups excluding carboxylic acids is 6. The maximum atomic E-state index is 13.5. The SMILES string of the molecule is CC(C)(C)CC(C)(C)NC(=O)CN1/C(=C/C=C/C=C/C2=[N+](CC(=O)NC(C)(C)CC(C)(C)C)c3ccccc3C2(C)C)C(C)(C)c2ccccc21.CC1(C)C2=C(C=CC(Cl)C2)N(CC(=O)N2CCOCC2)/C1=C/C=C/C1=[N+](CC(=O)N2CCOCC2)c2ccc(Cl)cc2C1(C)C.CN(C)C(=O)CN1/C(=C/C=C(/C=C/C2=[N+](CC(=O)N(C)C)c3ccccc3C2(C)C)Cc2ccccc2)C(C)(C)c2ccccc21. The third-order valence-corrected chi connectivity index (χ3v) is 29.5. The molecule has 22 heteroatoms. The number of hydrogen-bond donors (Lipinski definition) is 2. The molecular formula is C120H155Cl2N12O8+3. The molecule has 6 amide bonds. The second-order valence-electron chi connectivity index (χ2n) is 46.5. The number of hydrogen-bond acceptors (Lipinski definition) is 11. The van der Waals surface area contributed by atoms with Gasteiger partial charge < -0.3 is 54.4 Å². The van der Waals surface area contributed by atoms with E-state index in [1.165, 1.54) is 33.4 Å². The minimum Gasteiger partial charge on any atom is -0.378 e. The number of nitrogens with one attached hydrogen (secondary N) is 2. The van der Waals surface area contributed by atoms with Crippen molar-refractivity contribution in [3.8, 4) is 0 Å². The van der Waals surface area contributed by atoms with Gasteiger partial charge in [0.2, 0.25) is 54.4 Å². The van der Waals surface area contributed by atoms with Crippen molar-refractivity contribution >= 4 is 104 Å². The monoisotopic (exact) mass is 1960 g/mol. The van der Waals surface area contributed by atoms with Crippen molar-refractivity contribution in [2.24, 2.45) is 16.2 Å². The lowest BCUT2D eigenvalue weighted by Crippen LogP contribution is -2.49. The standard InChI is InChI=1S/C45H64N4O2.C40H47N4O2.C35H43Cl2N4O4/c1-40(2,3)30-42(7,8)46-38(50)28-48-34-24-20-18-22-32(34)44(11,12)36(48)26-16-15-17-27-37-45(13,14)33-23-19-21-25-35(33)49(37)29-39(51)47-43(9,10)31-41(4,5)6;1-39(2)31-18-12-14-20-33(31)43(27-37(45)41(5)6)35(39)24-22-30(26-29-16-10-9-11-17-29)23-25-36-40(3,4)32-19-13-15-21-34(32)44(36)28-38(46)42(7)8;1-34(2)26-20-24(36)8-10-28(26)40(22-32(42)38-12-16-44-17-13-38)30(34)6-5-7-31-35(3,4)27-21-25(37)9-11-29(27)41(31)23-33(43)39-14-18-45-19-15-39/h15-27H,28-31H2,1-14H3,(H-,46,47,50,51);9-25H,26-28H2,1-8H3;5-11,20,25H,12-19,21-23H2,1-4H3/q;2*+1/p+1. The summed E-state index contributed by atoms with van der Waals surface area (Å²) in [6.45, 7) is 54.4. The van der Waals surface area contributed by atoms with Crippen LogP contribution < -0.4 is 20.4 Å². The van der Waals surface area contributed by atoms with Crippen molar-refractivity contribution in [2.45, 2.75) is 222 Å². The molecule has 9 aliphatic rings. The normalized spacial score (nSPS) is 20.1. The third kappa shape index (κ3) is 24.4. The summed E-state index contributed by atoms with van der Waals surface area (Å²) < 4.78 is 17.4. The maximum Gasteiger partial charge on any atom is 0.288 e. The molecule has 2 fully saturated rings. The van der Waals surface area contributed by atoms with E-state index in [1.54, 1.807) is 38.0 Å². The zero-order valence-electron chi connectivity index (χ0n) is 89.2. The molecule has 754 valence electrons. The van der Waals surface area contributed by atoms with Crippen LogP contribution in [0.4, 0.5) is 28.4 Å². The van der Waals surface area contributed by atoms with Crippen LogP contribution in [-0.2, 0) is 71.7 Å². The van der Waals surface area contributed by atoms with E-state index in [1.807, 2.05) is 70.5 Å². The molecule has 6 aromatic carbocycles. The number of allylic oxidation sites excluding steroid dienone is 18. The number of alkyl halides is 1. The van der Waals surface area contributed by atoms with Gasteiger partial charge in [0.15, 0.2) is 17.1 Å². The average Bonchev–Trinajstić information content (AvgIpc) is 1.57. The summed E-state index contributed by atoms with van der Waals surface area (Å²) in [6.07, 6.45) is 32.9. The first-order valence-corrected chi connectivity index (χ1v) is 51.3. The van der Waals surface area contributed by atoms with Gasteiger partial charge in [0.05, 0.1) is 48.0 Å². The molecule has 0 aromatic heterocycles. The van der Waals surface area contributed by atoms with Crippen molar-refractivity contribution in [3.05, 3.63) is 303 Å². The number of fused-ring (bicyclic) bond motifs is 5. The van der Waals surface area contributed by atoms with Crippen LogP contribution in [0.5, 0.6) is 0 Å². The highest BCUT2D eigenvalue weighted by molar-refractivity contribution is 6.31. The number of ether oxygens (including phenoxy) is 2. The molecule has 142 heavy (non-hydrogen) atoms. The minimum absolute atomic E-state index is 0.0110. The Kier molecular flexibility index (Phi) is 32.7. The molecule has 20 nitrogen and oxygen atoms in total. The van der Waals surface area contributed by atoms with E-state index < -0.39 is 0 Å². The largest absolute Gasteiger partial charge is 0.378 e. The second kappa shape index (κ2) is 43.2. The van der Waals surface area contributed by atoms with Gasteiger partial charge >= 0.3 is 0 Å². The number of carbonyl (C=O) groups is 6. The summed E-state index contributed by atoms with van der Waals surface area (Å²) in [5, 5.41) is 7.21. The van der Waals surface area contributed by atoms with Gasteiger partial charge in [-0.1, -0.05) is 240 Å². The summed E-state index contributed by atoms with van der Waals surface area (Å²) in [7, 11) is 7.21. The Hall–Kier alpha value is -11.6. The van der Waals surface area contributed by atoms with Crippen molar-refractivity contribution < 1.29 is 52.0 Å². The predicted molar refractivity (Wildman–Crippen MR) is 581 cm³/mol. The van der Waals surface area contributed by atoms with Crippen molar-refractivity contribution in [2.75, 3.05) is 130 Å². The molecule has 2 saturated heterocycles. The van der Waals surface area contributed by atoms with E-state index in [0.717, 1.165) is 105 Å². The first kappa shape index (κ1) is 108. The summed E-state index contributed by atoms with van der Waals surface area (Å²) in [5.74, 6) is 0.293. The van der Waals surface area contributed by atoms with Crippen LogP contribution in [0.15, 0.2) is 265 Å². The summed E-state index contributed by atoms with van der Waals surface area (Å²) in [4.78, 5) is 93.6. The first-order valence-electron chi connectivity index (χ1n) is 50.5. The molecular weight excluding hydrogens is 1810 g/mol. The third-order valence-electron chi connectivity index (χ3n) is 29.0. The first-order chi connectivity index (χ1) is 66.6. The predicted octanol–water partition coefficient (Wildman–Crippen LogP) is 21.2. The second-order valence-corrected chi connectivity index (χ2v) is 47.5. The van der Waals surface area contributed by atoms with Crippen molar-refractivity contribution in [1.29, 1.82) is 0 Å². The number of para-hydroxylation sites is 4. The average molecular weight is 1960 g/mol. The van der Waals surface area contributed by atoms with Gasteiger partial charge in [0.25, 0.3) is 17.7 Å². The highest BCUT2D eigenvalue weighted by Crippen LogP contribution is 2.54. The Morgan fingerprint density at radius 1 is 0.444 bits per heavy atom. The fourth-order valence-electron chi connectivity index (χ4n) is 22.6. The number of benzene rings is 6. The van der Waals surface area contributed by atoms with E-state index in [9.17, 15) is 28.8 Å². The minimum atomic E-state index is -0.385. The molecule has 6 aromatic rings. The van der Waals surface area contributed by atoms with Gasteiger partial charge in [-0.25, -0.2) is 0 Å². The van der Waals surface area contributed by atoms with Gasteiger partial charge in [-0.05, 0) is 182 Å². The number of rotatable bonds is 26. The molecule has 8 heterocycles. The molecule has 1 atom stereocenters. The number of halogens is 2. The van der Waals surface area contributed by atoms with Crippen LogP contribution in [0.2, 0.25) is 5.02 Å². The fourth-order valence-corrected chi connectivity index (χ4v) is 23.0. The number of nitrogens with zero attached hydrogens (tertiary/aromatic N) is 10. The van der Waals surface area contributed by atoms with Crippen LogP contribution in [0.25, 0.3) is 0 Å². The molecule has 1 aliphatic carbocycles. The van der Waals surface area contributed by atoms with Gasteiger partial charge in [-0.3, -0.25) is 28.8 Å². The topological polar surface area (TPSA) is 177 Å². The van der Waals surface area contributed by atoms with Crippen LogP contribution in [-0.4, -0.2) is 227 Å². The Balaban J connectivity index is 0.000000179. The highest BCUT2D eigenvalue weighted by atomic mass is 35.5. The Morgan fingerprint density at radius 2 is 0.887 bits per heavy atom. The van der Waals surface area contributed by atoms with E-state index in [-0.39, 0.29) is 134 Å². The molecule has 0 saturated carbocycles. The Bertz CT molecular complexity index is 6220. The molecule has 0 radical (unpaired) electrons. The lowest BCUT2D eigenvalue weighted by atomic mass is 9.79. The number of morpholine rings is 2. The van der Waals surface area contributed by atoms with Gasteiger partial charge in [-0.15, -0.1) is 11.6 Å². The van der Waals surface area contributed by atoms with Gasteiger partial charge in [-0.2, -0.15) is 13.7 Å². The smallest absolute Gasteiger partial charge is 0.288 e. The van der Waals surface area contributed by atoms with Gasteiger partial charge in [0.1, 0.15) is 19.6 Å².